The molecule has 3 N–H and O–H groups in total. The maximum absolute atomic E-state index is 11.0. The van der Waals surface area contributed by atoms with Crippen LogP contribution in [0.25, 0.3) is 0 Å². The molecule has 1 heterocycles. The molecule has 1 fully saturated rings. The van der Waals surface area contributed by atoms with E-state index in [2.05, 4.69) is 5.32 Å². The Morgan fingerprint density at radius 1 is 1.73 bits per heavy atom. The number of hydrogen-bond donors (Lipinski definition) is 2. The summed E-state index contributed by atoms with van der Waals surface area (Å²) >= 11 is 0. The molecule has 1 aliphatic heterocycles. The first-order valence-electron chi connectivity index (χ1n) is 3.81. The normalized spacial score (nSPS) is 31.1. The number of nitrogens with one attached hydrogen (secondary N) is 1. The highest BCUT2D eigenvalue weighted by Gasteiger charge is 2.34. The van der Waals surface area contributed by atoms with Gasteiger partial charge in [-0.05, 0) is 5.92 Å². The Bertz CT molecular complexity index is 159. The Kier molecular flexibility index (Phi) is 2.46. The molecule has 0 aromatic rings. The van der Waals surface area contributed by atoms with Gasteiger partial charge < -0.3 is 10.5 Å². The fraction of sp³-hybridized carbons (Fsp3) is 0.857. The minimum absolute atomic E-state index is 0.177. The second kappa shape index (κ2) is 3.19. The minimum Gasteiger partial charge on any atom is -0.444 e. The van der Waals surface area contributed by atoms with Gasteiger partial charge in [-0.2, -0.15) is 0 Å². The van der Waals surface area contributed by atoms with Crippen LogP contribution < -0.4 is 11.1 Å². The summed E-state index contributed by atoms with van der Waals surface area (Å²) in [4.78, 5) is 11.0. The summed E-state index contributed by atoms with van der Waals surface area (Å²) in [6.45, 7) is 4.28. The average Bonchev–Trinajstić information content (AvgIpc) is 2.30. The molecule has 0 bridgehead atoms. The third-order valence-electron chi connectivity index (χ3n) is 1.76. The zero-order chi connectivity index (χ0) is 8.43. The maximum Gasteiger partial charge on any atom is 0.325 e. The van der Waals surface area contributed by atoms with Crippen LogP contribution in [0.5, 0.6) is 0 Å². The molecule has 1 aliphatic rings. The molecule has 4 nitrogen and oxygen atoms in total. The molecule has 1 saturated heterocycles. The number of hydrogen-bond acceptors (Lipinski definition) is 4. The molecule has 11 heavy (non-hydrogen) atoms. The van der Waals surface area contributed by atoms with Crippen molar-refractivity contribution in [2.75, 3.05) is 6.54 Å². The Labute approximate surface area is 66.1 Å². The van der Waals surface area contributed by atoms with Crippen LogP contribution in [-0.2, 0) is 9.53 Å². The monoisotopic (exact) mass is 158 g/mol. The van der Waals surface area contributed by atoms with E-state index in [0.29, 0.717) is 6.54 Å². The smallest absolute Gasteiger partial charge is 0.325 e. The molecule has 0 spiro atoms. The highest BCUT2D eigenvalue weighted by atomic mass is 16.6. The van der Waals surface area contributed by atoms with E-state index < -0.39 is 0 Å². The lowest BCUT2D eigenvalue weighted by Crippen LogP contribution is -2.38. The first-order valence-corrected chi connectivity index (χ1v) is 3.81. The van der Waals surface area contributed by atoms with Crippen molar-refractivity contribution in [2.45, 2.75) is 26.1 Å². The van der Waals surface area contributed by atoms with Gasteiger partial charge in [-0.3, -0.25) is 10.1 Å². The van der Waals surface area contributed by atoms with Crippen molar-refractivity contribution in [3.05, 3.63) is 0 Å². The number of rotatable bonds is 2. The second-order valence-electron chi connectivity index (χ2n) is 3.05. The van der Waals surface area contributed by atoms with Crippen molar-refractivity contribution < 1.29 is 9.53 Å². The summed E-state index contributed by atoms with van der Waals surface area (Å²) in [5, 5.41) is 2.99. The highest BCUT2D eigenvalue weighted by molar-refractivity contribution is 5.78. The second-order valence-corrected chi connectivity index (χ2v) is 3.05. The topological polar surface area (TPSA) is 64.3 Å². The molecule has 4 heteroatoms. The molecule has 2 unspecified atom stereocenters. The minimum atomic E-state index is -0.283. The Balaban J connectivity index is 2.52. The molecule has 0 saturated carbocycles. The number of cyclic esters (lactones) is 1. The van der Waals surface area contributed by atoms with Crippen molar-refractivity contribution in [1.29, 1.82) is 0 Å². The third kappa shape index (κ3) is 1.70. The summed E-state index contributed by atoms with van der Waals surface area (Å²) in [5.74, 6) is 0.0782. The number of ether oxygens (including phenoxy) is 1. The Morgan fingerprint density at radius 3 is 2.64 bits per heavy atom. The quantitative estimate of drug-likeness (QED) is 0.529. The van der Waals surface area contributed by atoms with Crippen molar-refractivity contribution >= 4 is 5.97 Å². The Hall–Kier alpha value is -0.610. The lowest BCUT2D eigenvalue weighted by Gasteiger charge is -2.10. The van der Waals surface area contributed by atoms with Gasteiger partial charge in [0.2, 0.25) is 0 Å². The molecule has 0 aliphatic carbocycles. The zero-order valence-corrected chi connectivity index (χ0v) is 6.83. The molecular formula is C7H14N2O2. The first kappa shape index (κ1) is 8.49. The van der Waals surface area contributed by atoms with Crippen LogP contribution in [0.4, 0.5) is 0 Å². The molecule has 0 aromatic heterocycles. The van der Waals surface area contributed by atoms with Crippen molar-refractivity contribution in [1.82, 2.24) is 5.32 Å². The van der Waals surface area contributed by atoms with Crippen LogP contribution in [0.1, 0.15) is 13.8 Å². The van der Waals surface area contributed by atoms with E-state index in [9.17, 15) is 4.79 Å². The van der Waals surface area contributed by atoms with Crippen LogP contribution in [0.3, 0.4) is 0 Å². The molecule has 64 valence electrons. The van der Waals surface area contributed by atoms with Gasteiger partial charge in [-0.15, -0.1) is 0 Å². The van der Waals surface area contributed by atoms with Crippen molar-refractivity contribution in [3.8, 4) is 0 Å². The number of carbonyl (C=O) groups excluding carboxylic acids is 1. The van der Waals surface area contributed by atoms with Gasteiger partial charge in [0.25, 0.3) is 0 Å². The molecule has 0 amide bonds. The van der Waals surface area contributed by atoms with E-state index in [0.717, 1.165) is 0 Å². The van der Waals surface area contributed by atoms with E-state index >= 15 is 0 Å². The Morgan fingerprint density at radius 2 is 2.36 bits per heavy atom. The van der Waals surface area contributed by atoms with Crippen LogP contribution in [0.2, 0.25) is 0 Å². The molecule has 0 aromatic carbocycles. The first-order chi connectivity index (χ1) is 5.15. The fourth-order valence-electron chi connectivity index (χ4n) is 1.10. The van der Waals surface area contributed by atoms with E-state index in [1.807, 2.05) is 13.8 Å². The predicted molar refractivity (Wildman–Crippen MR) is 40.7 cm³/mol. The van der Waals surface area contributed by atoms with Crippen LogP contribution >= 0.6 is 0 Å². The van der Waals surface area contributed by atoms with Crippen molar-refractivity contribution in [3.63, 3.8) is 0 Å². The summed E-state index contributed by atoms with van der Waals surface area (Å²) in [5.41, 5.74) is 5.32. The predicted octanol–water partition coefficient (Wildman–Crippen LogP) is -0.558. The summed E-state index contributed by atoms with van der Waals surface area (Å²) in [7, 11) is 0. The lowest BCUT2D eigenvalue weighted by atomic mass is 10.1. The van der Waals surface area contributed by atoms with Crippen LogP contribution in [-0.4, -0.2) is 24.8 Å². The standard InChI is InChI=1S/C7H14N2O2/c1-4(2)6-7(10)11-5(3-8)9-6/h4-6,9H,3,8H2,1-2H3. The maximum atomic E-state index is 11.0. The van der Waals surface area contributed by atoms with Gasteiger partial charge in [0, 0.05) is 6.54 Å². The highest BCUT2D eigenvalue weighted by Crippen LogP contribution is 2.11. The summed E-state index contributed by atoms with van der Waals surface area (Å²) in [6.07, 6.45) is -0.283. The van der Waals surface area contributed by atoms with Gasteiger partial charge in [-0.1, -0.05) is 13.8 Å². The van der Waals surface area contributed by atoms with Crippen LogP contribution in [0, 0.1) is 5.92 Å². The third-order valence-corrected chi connectivity index (χ3v) is 1.76. The van der Waals surface area contributed by atoms with Gasteiger partial charge in [0.15, 0.2) is 6.23 Å². The van der Waals surface area contributed by atoms with E-state index in [-0.39, 0.29) is 24.2 Å². The lowest BCUT2D eigenvalue weighted by molar-refractivity contribution is -0.142. The van der Waals surface area contributed by atoms with Gasteiger partial charge in [0.05, 0.1) is 0 Å². The van der Waals surface area contributed by atoms with E-state index in [1.165, 1.54) is 0 Å². The van der Waals surface area contributed by atoms with Gasteiger partial charge >= 0.3 is 5.97 Å². The fourth-order valence-corrected chi connectivity index (χ4v) is 1.10. The average molecular weight is 158 g/mol. The van der Waals surface area contributed by atoms with Crippen molar-refractivity contribution in [2.24, 2.45) is 11.7 Å². The van der Waals surface area contributed by atoms with Gasteiger partial charge in [-0.25, -0.2) is 0 Å². The summed E-state index contributed by atoms with van der Waals surface area (Å²) < 4.78 is 4.91. The largest absolute Gasteiger partial charge is 0.444 e. The number of esters is 1. The van der Waals surface area contributed by atoms with E-state index in [4.69, 9.17) is 10.5 Å². The van der Waals surface area contributed by atoms with Gasteiger partial charge in [0.1, 0.15) is 6.04 Å². The molecular weight excluding hydrogens is 144 g/mol. The molecule has 1 rings (SSSR count). The number of nitrogens with two attached hydrogens (primary N) is 1. The summed E-state index contributed by atoms with van der Waals surface area (Å²) in [6, 6.07) is -0.177. The zero-order valence-electron chi connectivity index (χ0n) is 6.83. The van der Waals surface area contributed by atoms with E-state index in [1.54, 1.807) is 0 Å². The number of carbonyl (C=O) groups is 1. The molecule has 0 radical (unpaired) electrons. The molecule has 2 atom stereocenters. The van der Waals surface area contributed by atoms with Crippen LogP contribution in [0.15, 0.2) is 0 Å². The SMILES string of the molecule is CC(C)C1NC(CN)OC1=O.